The minimum atomic E-state index is 0.0426. The SMILES string of the molecule is CC(C)(C)c1nnnn1C1CCCCC1. The minimum Gasteiger partial charge on any atom is -0.226 e. The largest absolute Gasteiger partial charge is 0.226 e. The first kappa shape index (κ1) is 10.6. The van der Waals surface area contributed by atoms with E-state index in [2.05, 4.69) is 41.0 Å². The molecular weight excluding hydrogens is 188 g/mol. The second-order valence-electron chi connectivity index (χ2n) is 5.49. The normalized spacial score (nSPS) is 19.4. The molecule has 1 saturated carbocycles. The Kier molecular flexibility index (Phi) is 2.76. The predicted octanol–water partition coefficient (Wildman–Crippen LogP) is 2.48. The zero-order chi connectivity index (χ0) is 10.9. The Labute approximate surface area is 91.1 Å². The van der Waals surface area contributed by atoms with Gasteiger partial charge in [-0.05, 0) is 23.3 Å². The third-order valence-corrected chi connectivity index (χ3v) is 3.08. The molecule has 1 aliphatic carbocycles. The molecule has 0 aromatic carbocycles. The molecular formula is C11H20N4. The van der Waals surface area contributed by atoms with Crippen molar-refractivity contribution in [1.82, 2.24) is 20.2 Å². The van der Waals surface area contributed by atoms with E-state index in [0.717, 1.165) is 5.82 Å². The highest BCUT2D eigenvalue weighted by Crippen LogP contribution is 2.30. The molecule has 2 rings (SSSR count). The molecule has 0 N–H and O–H groups in total. The summed E-state index contributed by atoms with van der Waals surface area (Å²) in [6.07, 6.45) is 6.45. The van der Waals surface area contributed by atoms with Gasteiger partial charge < -0.3 is 0 Å². The Morgan fingerprint density at radius 1 is 1.13 bits per heavy atom. The molecule has 0 spiro atoms. The number of hydrogen-bond acceptors (Lipinski definition) is 3. The van der Waals surface area contributed by atoms with Crippen LogP contribution in [0.5, 0.6) is 0 Å². The van der Waals surface area contributed by atoms with Crippen molar-refractivity contribution in [2.75, 3.05) is 0 Å². The summed E-state index contributed by atoms with van der Waals surface area (Å²) in [5.74, 6) is 1.02. The molecule has 0 unspecified atom stereocenters. The fraction of sp³-hybridized carbons (Fsp3) is 0.909. The molecule has 1 heterocycles. The summed E-state index contributed by atoms with van der Waals surface area (Å²) in [6.45, 7) is 6.49. The van der Waals surface area contributed by atoms with Crippen LogP contribution in [0.3, 0.4) is 0 Å². The standard InChI is InChI=1S/C11H20N4/c1-11(2,3)10-12-13-14-15(10)9-7-5-4-6-8-9/h9H,4-8H2,1-3H3. The van der Waals surface area contributed by atoms with Gasteiger partial charge in [-0.1, -0.05) is 40.0 Å². The van der Waals surface area contributed by atoms with Gasteiger partial charge in [-0.3, -0.25) is 0 Å². The van der Waals surface area contributed by atoms with Crippen molar-refractivity contribution in [2.45, 2.75) is 64.3 Å². The van der Waals surface area contributed by atoms with Gasteiger partial charge in [-0.25, -0.2) is 4.68 Å². The van der Waals surface area contributed by atoms with Crippen LogP contribution in [0.4, 0.5) is 0 Å². The highest BCUT2D eigenvalue weighted by molar-refractivity contribution is 5.00. The van der Waals surface area contributed by atoms with Crippen LogP contribution >= 0.6 is 0 Å². The van der Waals surface area contributed by atoms with E-state index in [9.17, 15) is 0 Å². The summed E-state index contributed by atoms with van der Waals surface area (Å²) >= 11 is 0. The number of hydrogen-bond donors (Lipinski definition) is 0. The molecule has 0 amide bonds. The van der Waals surface area contributed by atoms with Gasteiger partial charge >= 0.3 is 0 Å². The number of nitrogens with zero attached hydrogens (tertiary/aromatic N) is 4. The van der Waals surface area contributed by atoms with Gasteiger partial charge in [-0.2, -0.15) is 0 Å². The van der Waals surface area contributed by atoms with Crippen LogP contribution in [0.15, 0.2) is 0 Å². The van der Waals surface area contributed by atoms with Crippen LogP contribution in [0, 0.1) is 0 Å². The van der Waals surface area contributed by atoms with Gasteiger partial charge in [0.05, 0.1) is 6.04 Å². The van der Waals surface area contributed by atoms with Gasteiger partial charge in [0, 0.05) is 5.41 Å². The summed E-state index contributed by atoms with van der Waals surface area (Å²) in [4.78, 5) is 0. The molecule has 0 aliphatic heterocycles. The van der Waals surface area contributed by atoms with Crippen LogP contribution in [-0.4, -0.2) is 20.2 Å². The van der Waals surface area contributed by atoms with Crippen LogP contribution in [0.25, 0.3) is 0 Å². The third-order valence-electron chi connectivity index (χ3n) is 3.08. The van der Waals surface area contributed by atoms with Crippen LogP contribution in [-0.2, 0) is 5.41 Å². The van der Waals surface area contributed by atoms with Crippen molar-refractivity contribution in [3.63, 3.8) is 0 Å². The molecule has 0 radical (unpaired) electrons. The van der Waals surface area contributed by atoms with E-state index >= 15 is 0 Å². The smallest absolute Gasteiger partial charge is 0.156 e. The Balaban J connectivity index is 2.24. The number of aromatic nitrogens is 4. The van der Waals surface area contributed by atoms with Crippen molar-refractivity contribution in [3.05, 3.63) is 5.82 Å². The highest BCUT2D eigenvalue weighted by atomic mass is 15.6. The quantitative estimate of drug-likeness (QED) is 0.712. The van der Waals surface area contributed by atoms with E-state index in [-0.39, 0.29) is 5.41 Å². The average molecular weight is 208 g/mol. The van der Waals surface area contributed by atoms with E-state index in [0.29, 0.717) is 6.04 Å². The Morgan fingerprint density at radius 2 is 1.80 bits per heavy atom. The maximum absolute atomic E-state index is 4.16. The Hall–Kier alpha value is -0.930. The van der Waals surface area contributed by atoms with Crippen LogP contribution in [0.1, 0.15) is 64.7 Å². The van der Waals surface area contributed by atoms with Crippen LogP contribution < -0.4 is 0 Å². The molecule has 1 aliphatic rings. The lowest BCUT2D eigenvalue weighted by molar-refractivity contribution is 0.303. The lowest BCUT2D eigenvalue weighted by Gasteiger charge is -2.25. The molecule has 0 bridgehead atoms. The van der Waals surface area contributed by atoms with Crippen molar-refractivity contribution in [1.29, 1.82) is 0 Å². The zero-order valence-electron chi connectivity index (χ0n) is 9.90. The van der Waals surface area contributed by atoms with Crippen molar-refractivity contribution >= 4 is 0 Å². The second-order valence-corrected chi connectivity index (χ2v) is 5.49. The molecule has 84 valence electrons. The fourth-order valence-corrected chi connectivity index (χ4v) is 2.26. The predicted molar refractivity (Wildman–Crippen MR) is 58.6 cm³/mol. The van der Waals surface area contributed by atoms with E-state index < -0.39 is 0 Å². The summed E-state index contributed by atoms with van der Waals surface area (Å²) in [7, 11) is 0. The topological polar surface area (TPSA) is 43.6 Å². The van der Waals surface area contributed by atoms with E-state index in [1.165, 1.54) is 32.1 Å². The van der Waals surface area contributed by atoms with E-state index in [1.807, 2.05) is 0 Å². The summed E-state index contributed by atoms with van der Waals surface area (Å²) in [6, 6.07) is 0.531. The number of tetrazole rings is 1. The average Bonchev–Trinajstić information content (AvgIpc) is 2.67. The van der Waals surface area contributed by atoms with Crippen molar-refractivity contribution in [2.24, 2.45) is 0 Å². The van der Waals surface area contributed by atoms with E-state index in [1.54, 1.807) is 0 Å². The van der Waals surface area contributed by atoms with Gasteiger partial charge in [0.1, 0.15) is 0 Å². The van der Waals surface area contributed by atoms with Gasteiger partial charge in [0.25, 0.3) is 0 Å². The summed E-state index contributed by atoms with van der Waals surface area (Å²) < 4.78 is 2.05. The lowest BCUT2D eigenvalue weighted by Crippen LogP contribution is -2.24. The molecule has 1 fully saturated rings. The van der Waals surface area contributed by atoms with E-state index in [4.69, 9.17) is 0 Å². The molecule has 1 aromatic rings. The maximum Gasteiger partial charge on any atom is 0.156 e. The third kappa shape index (κ3) is 2.19. The van der Waals surface area contributed by atoms with Gasteiger partial charge in [0.2, 0.25) is 0 Å². The maximum atomic E-state index is 4.16. The van der Waals surface area contributed by atoms with Gasteiger partial charge in [-0.15, -0.1) is 5.10 Å². The molecule has 1 aromatic heterocycles. The first-order valence-corrected chi connectivity index (χ1v) is 5.87. The number of rotatable bonds is 1. The molecule has 15 heavy (non-hydrogen) atoms. The first-order chi connectivity index (χ1) is 7.09. The first-order valence-electron chi connectivity index (χ1n) is 5.87. The molecule has 0 saturated heterocycles. The summed E-state index contributed by atoms with van der Waals surface area (Å²) in [5.41, 5.74) is 0.0426. The highest BCUT2D eigenvalue weighted by Gasteiger charge is 2.26. The molecule has 4 heteroatoms. The van der Waals surface area contributed by atoms with Crippen molar-refractivity contribution < 1.29 is 0 Å². The zero-order valence-corrected chi connectivity index (χ0v) is 9.90. The molecule has 0 atom stereocenters. The lowest BCUT2D eigenvalue weighted by atomic mass is 9.92. The second kappa shape index (κ2) is 3.91. The van der Waals surface area contributed by atoms with Crippen molar-refractivity contribution in [3.8, 4) is 0 Å². The fourth-order valence-electron chi connectivity index (χ4n) is 2.26. The Morgan fingerprint density at radius 3 is 2.40 bits per heavy atom. The van der Waals surface area contributed by atoms with Crippen LogP contribution in [0.2, 0.25) is 0 Å². The molecule has 4 nitrogen and oxygen atoms in total. The monoisotopic (exact) mass is 208 g/mol. The summed E-state index contributed by atoms with van der Waals surface area (Å²) in [5, 5.41) is 12.2. The minimum absolute atomic E-state index is 0.0426. The van der Waals surface area contributed by atoms with Gasteiger partial charge in [0.15, 0.2) is 5.82 Å². The Bertz CT molecular complexity index is 318.